The van der Waals surface area contributed by atoms with Crippen molar-refractivity contribution >= 4 is 52.5 Å². The number of para-hydroxylation sites is 3. The van der Waals surface area contributed by atoms with Gasteiger partial charge in [0.25, 0.3) is 0 Å². The van der Waals surface area contributed by atoms with Gasteiger partial charge in [0, 0.05) is 56.0 Å². The minimum absolute atomic E-state index is 0.0756. The van der Waals surface area contributed by atoms with Crippen LogP contribution in [0.5, 0.6) is 0 Å². The van der Waals surface area contributed by atoms with Crippen molar-refractivity contribution in [2.75, 3.05) is 55.2 Å². The Balaban J connectivity index is 0.000000180. The number of anilines is 3. The van der Waals surface area contributed by atoms with Crippen LogP contribution >= 0.6 is 0 Å². The third-order valence-electron chi connectivity index (χ3n) is 9.75. The summed E-state index contributed by atoms with van der Waals surface area (Å²) in [6.45, 7) is 14.3. The number of nitrogens with one attached hydrogen (secondary N) is 3. The van der Waals surface area contributed by atoms with Crippen molar-refractivity contribution in [3.05, 3.63) is 88.0 Å². The summed E-state index contributed by atoms with van der Waals surface area (Å²) in [4.78, 5) is 74.9. The van der Waals surface area contributed by atoms with Crippen LogP contribution in [0.2, 0.25) is 0 Å². The maximum absolute atomic E-state index is 11.9. The van der Waals surface area contributed by atoms with E-state index in [1.165, 1.54) is 0 Å². The normalized spacial score (nSPS) is 15.0. The van der Waals surface area contributed by atoms with Gasteiger partial charge in [-0.1, -0.05) is 54.6 Å². The van der Waals surface area contributed by atoms with E-state index in [1.807, 2.05) is 96.1 Å². The van der Waals surface area contributed by atoms with Crippen molar-refractivity contribution in [1.82, 2.24) is 14.7 Å². The predicted molar refractivity (Wildman–Crippen MR) is 211 cm³/mol. The standard InChI is InChI=1S/3C14H18N2O2/c3*1-10-5-3-6-11(2)14(10)15-12(17)9-16-8-4-7-13(16)18/h3*3,5-6H,4,7-9H2,1-2H3,(H,15,17). The van der Waals surface area contributed by atoms with Crippen LogP contribution in [0.1, 0.15) is 71.9 Å². The molecule has 0 bridgehead atoms. The molecular weight excluding hydrogens is 684 g/mol. The Morgan fingerprint density at radius 2 is 0.667 bits per heavy atom. The lowest BCUT2D eigenvalue weighted by atomic mass is 10.1. The van der Waals surface area contributed by atoms with E-state index in [9.17, 15) is 28.8 Å². The Hall–Kier alpha value is -5.52. The number of hydrogen-bond donors (Lipinski definition) is 3. The minimum Gasteiger partial charge on any atom is -0.333 e. The summed E-state index contributed by atoms with van der Waals surface area (Å²) in [6.07, 6.45) is 4.27. The number of carbonyl (C=O) groups is 6. The summed E-state index contributed by atoms with van der Waals surface area (Å²) in [6, 6.07) is 17.7. The molecule has 3 heterocycles. The van der Waals surface area contributed by atoms with Crippen molar-refractivity contribution in [3.63, 3.8) is 0 Å². The molecule has 6 amide bonds. The van der Waals surface area contributed by atoms with Crippen LogP contribution < -0.4 is 16.0 Å². The van der Waals surface area contributed by atoms with Gasteiger partial charge in [0.2, 0.25) is 35.4 Å². The van der Waals surface area contributed by atoms with Crippen molar-refractivity contribution in [2.45, 2.75) is 80.1 Å². The number of nitrogens with zero attached hydrogens (tertiary/aromatic N) is 3. The summed E-state index contributed by atoms with van der Waals surface area (Å²) in [7, 11) is 0. The average Bonchev–Trinajstić information content (AvgIpc) is 3.84. The summed E-state index contributed by atoms with van der Waals surface area (Å²) < 4.78 is 0. The highest BCUT2D eigenvalue weighted by Gasteiger charge is 2.24. The number of likely N-dealkylation sites (tertiary alicyclic amines) is 3. The zero-order chi connectivity index (χ0) is 39.4. The number of amides is 6. The number of benzene rings is 3. The summed E-state index contributed by atoms with van der Waals surface area (Å²) in [5.41, 5.74) is 8.80. The molecule has 3 aromatic carbocycles. The smallest absolute Gasteiger partial charge is 0.244 e. The Morgan fingerprint density at radius 3 is 0.852 bits per heavy atom. The van der Waals surface area contributed by atoms with Gasteiger partial charge in [0.1, 0.15) is 0 Å². The van der Waals surface area contributed by atoms with E-state index >= 15 is 0 Å². The largest absolute Gasteiger partial charge is 0.333 e. The average molecular weight is 739 g/mol. The molecule has 0 aliphatic carbocycles. The summed E-state index contributed by atoms with van der Waals surface area (Å²) in [5, 5.41) is 8.68. The molecule has 0 spiro atoms. The molecule has 3 saturated heterocycles. The molecule has 3 aliphatic rings. The molecule has 0 atom stereocenters. The Morgan fingerprint density at radius 1 is 0.444 bits per heavy atom. The number of aryl methyl sites for hydroxylation is 6. The van der Waals surface area contributed by atoms with Crippen LogP contribution in [0.15, 0.2) is 54.6 Å². The minimum atomic E-state index is -0.123. The van der Waals surface area contributed by atoms with Gasteiger partial charge in [0.05, 0.1) is 19.6 Å². The van der Waals surface area contributed by atoms with Crippen molar-refractivity contribution in [2.24, 2.45) is 0 Å². The van der Waals surface area contributed by atoms with Crippen LogP contribution in [0.3, 0.4) is 0 Å². The van der Waals surface area contributed by atoms with Gasteiger partial charge in [-0.3, -0.25) is 28.8 Å². The van der Waals surface area contributed by atoms with Crippen LogP contribution in [-0.4, -0.2) is 89.4 Å². The molecular formula is C42H54N6O6. The second kappa shape index (κ2) is 19.5. The number of hydrogen-bond acceptors (Lipinski definition) is 6. The number of rotatable bonds is 9. The monoisotopic (exact) mass is 738 g/mol. The van der Waals surface area contributed by atoms with Gasteiger partial charge >= 0.3 is 0 Å². The predicted octanol–water partition coefficient (Wildman–Crippen LogP) is 5.59. The first-order valence-electron chi connectivity index (χ1n) is 18.6. The van der Waals surface area contributed by atoms with Crippen molar-refractivity contribution < 1.29 is 28.8 Å². The first kappa shape index (κ1) is 41.2. The highest BCUT2D eigenvalue weighted by molar-refractivity contribution is 5.97. The molecule has 3 aromatic rings. The first-order chi connectivity index (χ1) is 25.7. The van der Waals surface area contributed by atoms with E-state index in [0.29, 0.717) is 38.9 Å². The fourth-order valence-electron chi connectivity index (χ4n) is 6.71. The molecule has 12 nitrogen and oxygen atoms in total. The van der Waals surface area contributed by atoms with Crippen molar-refractivity contribution in [1.29, 1.82) is 0 Å². The van der Waals surface area contributed by atoms with Gasteiger partial charge in [-0.05, 0) is 94.2 Å². The molecule has 3 fully saturated rings. The van der Waals surface area contributed by atoms with E-state index in [4.69, 9.17) is 0 Å². The highest BCUT2D eigenvalue weighted by Crippen LogP contribution is 2.22. The molecule has 0 aromatic heterocycles. The Kier molecular flexibility index (Phi) is 14.9. The quantitative estimate of drug-likeness (QED) is 0.261. The van der Waals surface area contributed by atoms with E-state index in [1.54, 1.807) is 14.7 Å². The lowest BCUT2D eigenvalue weighted by Gasteiger charge is -2.16. The molecule has 0 radical (unpaired) electrons. The molecule has 3 aliphatic heterocycles. The fourth-order valence-corrected chi connectivity index (χ4v) is 6.71. The molecule has 12 heteroatoms. The lowest BCUT2D eigenvalue weighted by Crippen LogP contribution is -2.34. The maximum atomic E-state index is 11.9. The van der Waals surface area contributed by atoms with E-state index in [-0.39, 0.29) is 55.1 Å². The molecule has 0 saturated carbocycles. The van der Waals surface area contributed by atoms with Crippen LogP contribution in [0.4, 0.5) is 17.1 Å². The highest BCUT2D eigenvalue weighted by atomic mass is 16.2. The van der Waals surface area contributed by atoms with Crippen LogP contribution in [0, 0.1) is 41.5 Å². The van der Waals surface area contributed by atoms with Gasteiger partial charge in [0.15, 0.2) is 0 Å². The molecule has 6 rings (SSSR count). The molecule has 54 heavy (non-hydrogen) atoms. The van der Waals surface area contributed by atoms with Gasteiger partial charge in [-0.2, -0.15) is 0 Å². The lowest BCUT2D eigenvalue weighted by molar-refractivity contribution is -0.131. The number of carbonyl (C=O) groups excluding carboxylic acids is 6. The molecule has 3 N–H and O–H groups in total. The molecule has 0 unspecified atom stereocenters. The van der Waals surface area contributed by atoms with Gasteiger partial charge < -0.3 is 30.7 Å². The topological polar surface area (TPSA) is 148 Å². The van der Waals surface area contributed by atoms with E-state index in [2.05, 4.69) is 16.0 Å². The van der Waals surface area contributed by atoms with Crippen LogP contribution in [0.25, 0.3) is 0 Å². The Labute approximate surface area is 318 Å². The van der Waals surface area contributed by atoms with Gasteiger partial charge in [-0.25, -0.2) is 0 Å². The van der Waals surface area contributed by atoms with Gasteiger partial charge in [-0.15, -0.1) is 0 Å². The summed E-state index contributed by atoms with van der Waals surface area (Å²) in [5.74, 6) is -0.141. The zero-order valence-corrected chi connectivity index (χ0v) is 32.5. The fraction of sp³-hybridized carbons (Fsp3) is 0.429. The summed E-state index contributed by atoms with van der Waals surface area (Å²) >= 11 is 0. The maximum Gasteiger partial charge on any atom is 0.244 e. The second-order valence-corrected chi connectivity index (χ2v) is 14.2. The second-order valence-electron chi connectivity index (χ2n) is 14.2. The third-order valence-corrected chi connectivity index (χ3v) is 9.75. The third kappa shape index (κ3) is 11.7. The van der Waals surface area contributed by atoms with E-state index in [0.717, 1.165) is 69.7 Å². The first-order valence-corrected chi connectivity index (χ1v) is 18.6. The van der Waals surface area contributed by atoms with E-state index < -0.39 is 0 Å². The molecule has 288 valence electrons. The SMILES string of the molecule is Cc1cccc(C)c1NC(=O)CN1CCCC1=O.Cc1cccc(C)c1NC(=O)CN1CCCC1=O.Cc1cccc(C)c1NC(=O)CN1CCCC1=O. The van der Waals surface area contributed by atoms with Crippen molar-refractivity contribution in [3.8, 4) is 0 Å². The zero-order valence-electron chi connectivity index (χ0n) is 32.5. The van der Waals surface area contributed by atoms with Crippen LogP contribution in [-0.2, 0) is 28.8 Å². The Bertz CT molecular complexity index is 1600.